The van der Waals surface area contributed by atoms with Gasteiger partial charge in [-0.25, -0.2) is 0 Å². The van der Waals surface area contributed by atoms with Gasteiger partial charge in [0.25, 0.3) is 0 Å². The van der Waals surface area contributed by atoms with Crippen LogP contribution in [0.25, 0.3) is 6.08 Å². The van der Waals surface area contributed by atoms with Crippen molar-refractivity contribution in [3.63, 3.8) is 0 Å². The van der Waals surface area contributed by atoms with Crippen molar-refractivity contribution in [2.24, 2.45) is 5.92 Å². The summed E-state index contributed by atoms with van der Waals surface area (Å²) in [5, 5.41) is 0. The summed E-state index contributed by atoms with van der Waals surface area (Å²) in [5.74, 6) is -0.0591. The van der Waals surface area contributed by atoms with Gasteiger partial charge in [0, 0.05) is 37.2 Å². The first kappa shape index (κ1) is 25.5. The maximum absolute atomic E-state index is 13.4. The number of nitrogens with zero attached hydrogens (tertiary/aromatic N) is 3. The van der Waals surface area contributed by atoms with Gasteiger partial charge >= 0.3 is 0 Å². The SMILES string of the molecule is CCN1CC(C(=O)N(CCCN2CCC3(C=Cc4ccccc43)CC2)c2ccccc2)CC1=O.Cl. The van der Waals surface area contributed by atoms with Crippen molar-refractivity contribution in [1.29, 1.82) is 0 Å². The largest absolute Gasteiger partial charge is 0.342 e. The highest BCUT2D eigenvalue weighted by molar-refractivity contribution is 5.99. The van der Waals surface area contributed by atoms with Crippen molar-refractivity contribution >= 4 is 36.0 Å². The molecule has 2 heterocycles. The predicted octanol–water partition coefficient (Wildman–Crippen LogP) is 4.76. The number of hydrogen-bond acceptors (Lipinski definition) is 3. The van der Waals surface area contributed by atoms with E-state index in [9.17, 15) is 9.59 Å². The zero-order valence-electron chi connectivity index (χ0n) is 20.6. The van der Waals surface area contributed by atoms with Crippen molar-refractivity contribution in [1.82, 2.24) is 9.80 Å². The van der Waals surface area contributed by atoms with E-state index in [0.717, 1.165) is 44.6 Å². The van der Waals surface area contributed by atoms with Crippen molar-refractivity contribution in [2.75, 3.05) is 44.2 Å². The molecular weight excluding hydrogens is 458 g/mol. The van der Waals surface area contributed by atoms with Crippen LogP contribution in [0.4, 0.5) is 5.69 Å². The predicted molar refractivity (Wildman–Crippen MR) is 144 cm³/mol. The van der Waals surface area contributed by atoms with Crippen molar-refractivity contribution in [2.45, 2.75) is 38.0 Å². The number of carbonyl (C=O) groups is 2. The Hall–Kier alpha value is -2.63. The number of carbonyl (C=O) groups excluding carboxylic acids is 2. The van der Waals surface area contributed by atoms with Gasteiger partial charge in [0.15, 0.2) is 0 Å². The van der Waals surface area contributed by atoms with Crippen LogP contribution in [-0.2, 0) is 15.0 Å². The van der Waals surface area contributed by atoms with Crippen molar-refractivity contribution < 1.29 is 9.59 Å². The Kier molecular flexibility index (Phi) is 7.98. The van der Waals surface area contributed by atoms with E-state index in [4.69, 9.17) is 0 Å². The van der Waals surface area contributed by atoms with E-state index in [1.54, 1.807) is 4.90 Å². The van der Waals surface area contributed by atoms with Crippen LogP contribution in [0.15, 0.2) is 60.7 Å². The molecule has 3 aliphatic rings. The first-order chi connectivity index (χ1) is 16.6. The molecular formula is C29H36ClN3O2. The van der Waals surface area contributed by atoms with Crippen LogP contribution in [0, 0.1) is 5.92 Å². The number of benzene rings is 2. The number of hydrogen-bond donors (Lipinski definition) is 0. The number of fused-ring (bicyclic) bond motifs is 2. The highest BCUT2D eigenvalue weighted by atomic mass is 35.5. The van der Waals surface area contributed by atoms with Crippen LogP contribution in [0.3, 0.4) is 0 Å². The summed E-state index contributed by atoms with van der Waals surface area (Å²) >= 11 is 0. The Labute approximate surface area is 215 Å². The van der Waals surface area contributed by atoms with E-state index in [1.165, 1.54) is 11.1 Å². The number of halogens is 1. The first-order valence-corrected chi connectivity index (χ1v) is 12.7. The Bertz CT molecular complexity index is 1060. The second kappa shape index (κ2) is 11.0. The molecule has 2 aromatic carbocycles. The molecule has 2 aliphatic heterocycles. The minimum Gasteiger partial charge on any atom is -0.342 e. The summed E-state index contributed by atoms with van der Waals surface area (Å²) in [4.78, 5) is 31.9. The average Bonchev–Trinajstić information content (AvgIpc) is 3.44. The first-order valence-electron chi connectivity index (χ1n) is 12.7. The standard InChI is InChI=1S/C29H35N3O2.ClH/c1-2-31-22-24(21-27(31)33)28(34)32(25-10-4-3-5-11-25)18-8-17-30-19-15-29(16-20-30)14-13-23-9-6-7-12-26(23)29;/h3-7,9-14,24H,2,8,15-22H2,1H3;1H. The molecule has 1 unspecified atom stereocenters. The van der Waals surface area contributed by atoms with Gasteiger partial charge in [-0.3, -0.25) is 9.59 Å². The molecule has 1 atom stereocenters. The number of para-hydroxylation sites is 1. The molecule has 5 rings (SSSR count). The Balaban J connectivity index is 0.00000289. The molecule has 35 heavy (non-hydrogen) atoms. The fourth-order valence-electron chi connectivity index (χ4n) is 5.94. The second-order valence-electron chi connectivity index (χ2n) is 9.93. The third-order valence-electron chi connectivity index (χ3n) is 7.96. The maximum Gasteiger partial charge on any atom is 0.232 e. The summed E-state index contributed by atoms with van der Waals surface area (Å²) in [6.45, 7) is 7.03. The summed E-state index contributed by atoms with van der Waals surface area (Å²) < 4.78 is 0. The number of piperidine rings is 1. The molecule has 0 aromatic heterocycles. The fourth-order valence-corrected chi connectivity index (χ4v) is 5.94. The Morgan fingerprint density at radius 3 is 2.49 bits per heavy atom. The minimum absolute atomic E-state index is 0. The third kappa shape index (κ3) is 5.17. The summed E-state index contributed by atoms with van der Waals surface area (Å²) in [6.07, 6.45) is 8.28. The Morgan fingerprint density at radius 2 is 1.77 bits per heavy atom. The van der Waals surface area contributed by atoms with Crippen LogP contribution in [0.5, 0.6) is 0 Å². The summed E-state index contributed by atoms with van der Waals surface area (Å²) in [6, 6.07) is 18.7. The lowest BCUT2D eigenvalue weighted by Gasteiger charge is -2.39. The molecule has 2 aromatic rings. The quantitative estimate of drug-likeness (QED) is 0.558. The molecule has 1 aliphatic carbocycles. The van der Waals surface area contributed by atoms with Gasteiger partial charge in [-0.15, -0.1) is 12.4 Å². The van der Waals surface area contributed by atoms with Crippen LogP contribution in [0.1, 0.15) is 43.7 Å². The van der Waals surface area contributed by atoms with Crippen molar-refractivity contribution in [3.05, 3.63) is 71.8 Å². The van der Waals surface area contributed by atoms with Crippen LogP contribution in [0.2, 0.25) is 0 Å². The number of rotatable bonds is 7. The lowest BCUT2D eigenvalue weighted by molar-refractivity contribution is -0.128. The van der Waals surface area contributed by atoms with Gasteiger partial charge in [0.1, 0.15) is 0 Å². The summed E-state index contributed by atoms with van der Waals surface area (Å²) in [5.41, 5.74) is 4.00. The summed E-state index contributed by atoms with van der Waals surface area (Å²) in [7, 11) is 0. The van der Waals surface area contributed by atoms with Gasteiger partial charge in [-0.1, -0.05) is 54.6 Å². The van der Waals surface area contributed by atoms with E-state index in [-0.39, 0.29) is 35.6 Å². The maximum atomic E-state index is 13.4. The fraction of sp³-hybridized carbons (Fsp3) is 0.448. The topological polar surface area (TPSA) is 43.9 Å². The molecule has 2 fully saturated rings. The number of likely N-dealkylation sites (tertiary alicyclic amines) is 2. The molecule has 6 heteroatoms. The minimum atomic E-state index is -0.239. The molecule has 0 radical (unpaired) electrons. The smallest absolute Gasteiger partial charge is 0.232 e. The Morgan fingerprint density at radius 1 is 1.06 bits per heavy atom. The number of anilines is 1. The van der Waals surface area contributed by atoms with E-state index in [2.05, 4.69) is 41.3 Å². The third-order valence-corrected chi connectivity index (χ3v) is 7.96. The zero-order valence-corrected chi connectivity index (χ0v) is 21.4. The highest BCUT2D eigenvalue weighted by Crippen LogP contribution is 2.43. The molecule has 186 valence electrons. The van der Waals surface area contributed by atoms with Gasteiger partial charge in [0.2, 0.25) is 11.8 Å². The lowest BCUT2D eigenvalue weighted by Crippen LogP contribution is -2.43. The van der Waals surface area contributed by atoms with Gasteiger partial charge in [-0.05, 0) is 69.1 Å². The monoisotopic (exact) mass is 493 g/mol. The molecule has 2 amide bonds. The number of amides is 2. The zero-order chi connectivity index (χ0) is 23.5. The van der Waals surface area contributed by atoms with Crippen LogP contribution >= 0.6 is 12.4 Å². The molecule has 0 saturated carbocycles. The molecule has 1 spiro atoms. The number of allylic oxidation sites excluding steroid dienone is 1. The normalized spacial score (nSPS) is 20.7. The van der Waals surface area contributed by atoms with Gasteiger partial charge in [-0.2, -0.15) is 0 Å². The van der Waals surface area contributed by atoms with E-state index < -0.39 is 0 Å². The molecule has 0 bridgehead atoms. The average molecular weight is 494 g/mol. The molecule has 5 nitrogen and oxygen atoms in total. The molecule has 2 saturated heterocycles. The van der Waals surface area contributed by atoms with Gasteiger partial charge in [0.05, 0.1) is 5.92 Å². The molecule has 0 N–H and O–H groups in total. The second-order valence-corrected chi connectivity index (χ2v) is 9.93. The van der Waals surface area contributed by atoms with Crippen LogP contribution in [-0.4, -0.2) is 60.9 Å². The van der Waals surface area contributed by atoms with E-state index >= 15 is 0 Å². The van der Waals surface area contributed by atoms with Crippen LogP contribution < -0.4 is 4.90 Å². The van der Waals surface area contributed by atoms with Gasteiger partial charge < -0.3 is 14.7 Å². The lowest BCUT2D eigenvalue weighted by atomic mass is 9.74. The van der Waals surface area contributed by atoms with E-state index in [0.29, 0.717) is 26.1 Å². The highest BCUT2D eigenvalue weighted by Gasteiger charge is 2.38. The van der Waals surface area contributed by atoms with Crippen molar-refractivity contribution in [3.8, 4) is 0 Å². The van der Waals surface area contributed by atoms with E-state index in [1.807, 2.05) is 42.2 Å².